The van der Waals surface area contributed by atoms with E-state index >= 15 is 0 Å². The van der Waals surface area contributed by atoms with E-state index in [2.05, 4.69) is 58.8 Å². The van der Waals surface area contributed by atoms with Crippen molar-refractivity contribution in [3.63, 3.8) is 0 Å². The fourth-order valence-electron chi connectivity index (χ4n) is 13.5. The molecule has 0 spiro atoms. The summed E-state index contributed by atoms with van der Waals surface area (Å²) in [5, 5.41) is 6.37. The van der Waals surface area contributed by atoms with E-state index in [-0.39, 0.29) is 45.1 Å². The summed E-state index contributed by atoms with van der Waals surface area (Å²) >= 11 is 0. The van der Waals surface area contributed by atoms with Gasteiger partial charge < -0.3 is 15.4 Å². The van der Waals surface area contributed by atoms with E-state index < -0.39 is 0 Å². The van der Waals surface area contributed by atoms with E-state index in [1.807, 2.05) is 0 Å². The van der Waals surface area contributed by atoms with E-state index in [4.69, 9.17) is 4.74 Å². The number of ether oxygens (including phenoxy) is 1. The molecule has 5 aliphatic carbocycles. The molecule has 5 rings (SSSR count). The zero-order valence-electron chi connectivity index (χ0n) is 32.0. The van der Waals surface area contributed by atoms with Crippen LogP contribution >= 0.6 is 0 Å². The van der Waals surface area contributed by atoms with Crippen LogP contribution in [0, 0.1) is 56.7 Å². The highest BCUT2D eigenvalue weighted by Gasteiger charge is 2.72. The third-order valence-electron chi connectivity index (χ3n) is 16.0. The molecule has 6 heteroatoms. The first kappa shape index (κ1) is 37.4. The van der Waals surface area contributed by atoms with Crippen molar-refractivity contribution >= 4 is 17.8 Å². The average molecular weight is 667 g/mol. The maximum atomic E-state index is 14.4. The second kappa shape index (κ2) is 14.0. The van der Waals surface area contributed by atoms with Crippen LogP contribution in [0.3, 0.4) is 0 Å². The topological polar surface area (TPSA) is 84.5 Å². The van der Waals surface area contributed by atoms with Crippen LogP contribution in [-0.4, -0.2) is 37.0 Å². The first-order valence-corrected chi connectivity index (χ1v) is 19.9. The van der Waals surface area contributed by atoms with Gasteiger partial charge in [0, 0.05) is 32.4 Å². The number of unbranched alkanes of at least 4 members (excludes halogenated alkanes) is 5. The standard InChI is InChI=1S/C42H70N2O4/c1-28(2)31-18-23-42(37(47)44-27-15-13-11-10-12-14-26-43-29(3)45)25-24-40(8)32(36(31)42)16-17-34-39(7)21-20-35(48-30(4)46)38(5,6)33(39)19-22-41(34,40)9/h31-36H,1,10-27H2,2-9H3,(H,43,45)(H,44,47)/t31-,32+,33-,34+,35-,36+,39-,40+,41+,42-/m0/s1. The molecule has 0 radical (unpaired) electrons. The minimum Gasteiger partial charge on any atom is -0.462 e. The van der Waals surface area contributed by atoms with Crippen molar-refractivity contribution in [2.75, 3.05) is 13.1 Å². The molecule has 272 valence electrons. The molecule has 5 fully saturated rings. The Bertz CT molecular complexity index is 1230. The summed E-state index contributed by atoms with van der Waals surface area (Å²) in [7, 11) is 0. The van der Waals surface area contributed by atoms with Gasteiger partial charge in [0.2, 0.25) is 11.8 Å². The molecule has 0 saturated heterocycles. The fourth-order valence-corrected chi connectivity index (χ4v) is 13.5. The molecule has 6 nitrogen and oxygen atoms in total. The van der Waals surface area contributed by atoms with E-state index in [1.54, 1.807) is 13.8 Å². The molecule has 0 heterocycles. The van der Waals surface area contributed by atoms with Crippen molar-refractivity contribution in [1.29, 1.82) is 0 Å². The van der Waals surface area contributed by atoms with Crippen LogP contribution in [0.2, 0.25) is 0 Å². The second-order valence-corrected chi connectivity index (χ2v) is 18.7. The molecule has 0 aromatic rings. The van der Waals surface area contributed by atoms with Crippen LogP contribution in [0.25, 0.3) is 0 Å². The van der Waals surface area contributed by atoms with Gasteiger partial charge in [0.05, 0.1) is 5.41 Å². The Hall–Kier alpha value is -1.85. The Morgan fingerprint density at radius 1 is 0.688 bits per heavy atom. The maximum Gasteiger partial charge on any atom is 0.302 e. The van der Waals surface area contributed by atoms with Gasteiger partial charge in [-0.15, -0.1) is 0 Å². The number of hydrogen-bond donors (Lipinski definition) is 2. The molecule has 48 heavy (non-hydrogen) atoms. The van der Waals surface area contributed by atoms with Gasteiger partial charge in [-0.1, -0.05) is 72.5 Å². The van der Waals surface area contributed by atoms with Gasteiger partial charge in [-0.2, -0.15) is 0 Å². The van der Waals surface area contributed by atoms with Crippen molar-refractivity contribution < 1.29 is 19.1 Å². The molecule has 5 aliphatic rings. The Kier molecular flexibility index (Phi) is 10.9. The van der Waals surface area contributed by atoms with Gasteiger partial charge in [-0.3, -0.25) is 14.4 Å². The summed E-state index contributed by atoms with van der Waals surface area (Å²) < 4.78 is 5.96. The third kappa shape index (κ3) is 6.31. The smallest absolute Gasteiger partial charge is 0.302 e. The number of carbonyl (C=O) groups excluding carboxylic acids is 3. The van der Waals surface area contributed by atoms with Crippen LogP contribution in [0.5, 0.6) is 0 Å². The lowest BCUT2D eigenvalue weighted by atomic mass is 9.32. The van der Waals surface area contributed by atoms with E-state index in [0.717, 1.165) is 77.3 Å². The number of fused-ring (bicyclic) bond motifs is 7. The van der Waals surface area contributed by atoms with Crippen LogP contribution in [0.4, 0.5) is 0 Å². The quantitative estimate of drug-likeness (QED) is 0.124. The van der Waals surface area contributed by atoms with Gasteiger partial charge in [0.25, 0.3) is 0 Å². The lowest BCUT2D eigenvalue weighted by molar-refractivity contribution is -0.248. The number of esters is 1. The average Bonchev–Trinajstić information content (AvgIpc) is 3.41. The minimum atomic E-state index is -0.258. The molecule has 2 N–H and O–H groups in total. The summed E-state index contributed by atoms with van der Waals surface area (Å²) in [5.41, 5.74) is 1.67. The lowest BCUT2D eigenvalue weighted by Gasteiger charge is -2.72. The molecular formula is C42H70N2O4. The molecule has 0 aliphatic heterocycles. The molecule has 2 amide bonds. The van der Waals surface area contributed by atoms with Crippen molar-refractivity contribution in [3.05, 3.63) is 12.2 Å². The fraction of sp³-hybridized carbons (Fsp3) is 0.881. The zero-order chi connectivity index (χ0) is 35.1. The number of amides is 2. The van der Waals surface area contributed by atoms with E-state index in [9.17, 15) is 14.4 Å². The summed E-state index contributed by atoms with van der Waals surface area (Å²) in [6.45, 7) is 24.1. The zero-order valence-corrected chi connectivity index (χ0v) is 32.0. The van der Waals surface area contributed by atoms with Crippen LogP contribution in [-0.2, 0) is 19.1 Å². The van der Waals surface area contributed by atoms with Crippen LogP contribution in [0.1, 0.15) is 158 Å². The highest BCUT2D eigenvalue weighted by Crippen LogP contribution is 2.77. The second-order valence-electron chi connectivity index (χ2n) is 18.7. The monoisotopic (exact) mass is 667 g/mol. The number of allylic oxidation sites excluding steroid dienone is 1. The molecule has 5 saturated carbocycles. The van der Waals surface area contributed by atoms with Crippen molar-refractivity contribution in [2.24, 2.45) is 56.7 Å². The summed E-state index contributed by atoms with van der Waals surface area (Å²) in [6.07, 6.45) is 18.0. The number of hydrogen-bond acceptors (Lipinski definition) is 4. The largest absolute Gasteiger partial charge is 0.462 e. The maximum absolute atomic E-state index is 14.4. The Morgan fingerprint density at radius 2 is 1.33 bits per heavy atom. The molecule has 0 aromatic carbocycles. The Labute approximate surface area is 293 Å². The third-order valence-corrected chi connectivity index (χ3v) is 16.0. The highest BCUT2D eigenvalue weighted by molar-refractivity contribution is 5.84. The number of carbonyl (C=O) groups is 3. The number of nitrogens with one attached hydrogen (secondary N) is 2. The molecule has 0 aromatic heterocycles. The Balaban J connectivity index is 1.28. The molecule has 10 atom stereocenters. The van der Waals surface area contributed by atoms with E-state index in [1.165, 1.54) is 44.1 Å². The summed E-state index contributed by atoms with van der Waals surface area (Å²) in [5.74, 6) is 2.81. The summed E-state index contributed by atoms with van der Waals surface area (Å²) in [4.78, 5) is 37.5. The summed E-state index contributed by atoms with van der Waals surface area (Å²) in [6, 6.07) is 0. The Morgan fingerprint density at radius 3 is 1.96 bits per heavy atom. The number of rotatable bonds is 12. The van der Waals surface area contributed by atoms with Gasteiger partial charge in [0.1, 0.15) is 6.10 Å². The van der Waals surface area contributed by atoms with Crippen LogP contribution < -0.4 is 10.6 Å². The first-order valence-electron chi connectivity index (χ1n) is 19.9. The van der Waals surface area contributed by atoms with Gasteiger partial charge in [0.15, 0.2) is 0 Å². The minimum absolute atomic E-state index is 0.00846. The van der Waals surface area contributed by atoms with Gasteiger partial charge in [-0.05, 0) is 130 Å². The van der Waals surface area contributed by atoms with E-state index in [0.29, 0.717) is 35.5 Å². The molecule has 0 unspecified atom stereocenters. The molecule has 0 bridgehead atoms. The van der Waals surface area contributed by atoms with Gasteiger partial charge in [-0.25, -0.2) is 0 Å². The van der Waals surface area contributed by atoms with Crippen molar-refractivity contribution in [2.45, 2.75) is 164 Å². The molecular weight excluding hydrogens is 596 g/mol. The lowest BCUT2D eigenvalue weighted by Crippen LogP contribution is -2.67. The predicted octanol–water partition coefficient (Wildman–Crippen LogP) is 9.17. The van der Waals surface area contributed by atoms with Crippen molar-refractivity contribution in [3.8, 4) is 0 Å². The normalized spacial score (nSPS) is 41.2. The predicted molar refractivity (Wildman–Crippen MR) is 194 cm³/mol. The van der Waals surface area contributed by atoms with Gasteiger partial charge >= 0.3 is 5.97 Å². The van der Waals surface area contributed by atoms with Crippen molar-refractivity contribution in [1.82, 2.24) is 10.6 Å². The highest BCUT2D eigenvalue weighted by atomic mass is 16.5. The first-order chi connectivity index (χ1) is 22.5. The van der Waals surface area contributed by atoms with Crippen LogP contribution in [0.15, 0.2) is 12.2 Å². The SMILES string of the molecule is C=C(C)[C@@H]1CC[C@]2(C(=O)NCCCCCCCCNC(C)=O)CC[C@]3(C)[C@H](CC[C@@H]4[C@@]5(C)CC[C@H](OC(C)=O)C(C)(C)[C@@H]5CC[C@]43C)[C@@H]12.